The summed E-state index contributed by atoms with van der Waals surface area (Å²) in [5.74, 6) is 0.0533. The number of halogens is 1. The van der Waals surface area contributed by atoms with Gasteiger partial charge in [-0.15, -0.1) is 0 Å². The summed E-state index contributed by atoms with van der Waals surface area (Å²) < 4.78 is 19.2. The molecule has 0 bridgehead atoms. The Kier molecular flexibility index (Phi) is 6.59. The summed E-state index contributed by atoms with van der Waals surface area (Å²) in [4.78, 5) is 17.5. The van der Waals surface area contributed by atoms with Crippen LogP contribution in [0, 0.1) is 17.1 Å². The van der Waals surface area contributed by atoms with Gasteiger partial charge in [0.2, 0.25) is 5.91 Å². The molecule has 0 spiro atoms. The molecule has 7 heteroatoms. The number of rotatable bonds is 7. The highest BCUT2D eigenvalue weighted by molar-refractivity contribution is 5.91. The fourth-order valence-electron chi connectivity index (χ4n) is 4.46. The molecule has 1 unspecified atom stereocenters. The molecule has 1 heterocycles. The molecule has 6 nitrogen and oxygen atoms in total. The Morgan fingerprint density at radius 1 is 1.27 bits per heavy atom. The predicted molar refractivity (Wildman–Crippen MR) is 125 cm³/mol. The Bertz CT molecular complexity index is 1200. The van der Waals surface area contributed by atoms with E-state index in [1.807, 2.05) is 31.3 Å². The van der Waals surface area contributed by atoms with Crippen LogP contribution >= 0.6 is 0 Å². The van der Waals surface area contributed by atoms with Crippen molar-refractivity contribution < 1.29 is 13.9 Å². The molecule has 0 aliphatic carbocycles. The van der Waals surface area contributed by atoms with Crippen molar-refractivity contribution in [3.8, 4) is 11.8 Å². The summed E-state index contributed by atoms with van der Waals surface area (Å²) >= 11 is 0. The molecule has 4 rings (SSSR count). The highest BCUT2D eigenvalue weighted by atomic mass is 19.1. The van der Waals surface area contributed by atoms with E-state index in [9.17, 15) is 14.4 Å². The van der Waals surface area contributed by atoms with Crippen molar-refractivity contribution in [1.82, 2.24) is 15.1 Å². The molecule has 170 valence electrons. The van der Waals surface area contributed by atoms with E-state index in [0.717, 1.165) is 35.0 Å². The zero-order valence-electron chi connectivity index (χ0n) is 19.0. The summed E-state index contributed by atoms with van der Waals surface area (Å²) in [6, 6.07) is 17.7. The Labute approximate surface area is 193 Å². The number of ether oxygens (including phenoxy) is 1. The minimum atomic E-state index is -0.517. The van der Waals surface area contributed by atoms with Gasteiger partial charge < -0.3 is 15.0 Å². The maximum atomic E-state index is 13.7. The number of amides is 1. The molecule has 1 N–H and O–H groups in total. The number of benzene rings is 3. The number of likely N-dealkylation sites (N-methyl/N-ethyl adjacent to an activating group) is 2. The molecule has 1 fully saturated rings. The van der Waals surface area contributed by atoms with Gasteiger partial charge in [0.15, 0.2) is 0 Å². The van der Waals surface area contributed by atoms with E-state index in [2.05, 4.69) is 16.3 Å². The van der Waals surface area contributed by atoms with Crippen LogP contribution in [-0.4, -0.2) is 56.0 Å². The third-order valence-corrected chi connectivity index (χ3v) is 6.30. The van der Waals surface area contributed by atoms with Gasteiger partial charge in [-0.3, -0.25) is 9.69 Å². The SMILES string of the molecule is CNC1CN(C(C(=O)N(C)Cc2c(OC)c(C#N)cc3ccccc23)c2ccc(F)cc2)C1. The summed E-state index contributed by atoms with van der Waals surface area (Å²) in [7, 11) is 5.19. The summed E-state index contributed by atoms with van der Waals surface area (Å²) in [5.41, 5.74) is 1.98. The number of carbonyl (C=O) groups excluding carboxylic acids is 1. The maximum absolute atomic E-state index is 13.7. The first-order chi connectivity index (χ1) is 16.0. The predicted octanol–water partition coefficient (Wildman–Crippen LogP) is 3.46. The third-order valence-electron chi connectivity index (χ3n) is 6.30. The van der Waals surface area contributed by atoms with Crippen molar-refractivity contribution in [3.05, 3.63) is 77.1 Å². The first-order valence-corrected chi connectivity index (χ1v) is 10.9. The van der Waals surface area contributed by atoms with Crippen LogP contribution in [0.5, 0.6) is 5.75 Å². The van der Waals surface area contributed by atoms with Crippen LogP contribution in [0.25, 0.3) is 10.8 Å². The summed E-state index contributed by atoms with van der Waals surface area (Å²) in [5, 5.41) is 14.7. The summed E-state index contributed by atoms with van der Waals surface area (Å²) in [6.45, 7) is 1.74. The average molecular weight is 447 g/mol. The van der Waals surface area contributed by atoms with E-state index < -0.39 is 6.04 Å². The highest BCUT2D eigenvalue weighted by Gasteiger charge is 2.38. The van der Waals surface area contributed by atoms with E-state index in [4.69, 9.17) is 4.74 Å². The topological polar surface area (TPSA) is 68.6 Å². The molecule has 1 atom stereocenters. The van der Waals surface area contributed by atoms with Crippen LogP contribution in [0.4, 0.5) is 4.39 Å². The number of carbonyl (C=O) groups is 1. The van der Waals surface area contributed by atoms with E-state index in [0.29, 0.717) is 17.4 Å². The number of nitrogens with zero attached hydrogens (tertiary/aromatic N) is 3. The molecule has 0 saturated carbocycles. The minimum absolute atomic E-state index is 0.0929. The van der Waals surface area contributed by atoms with Gasteiger partial charge in [-0.05, 0) is 41.6 Å². The lowest BCUT2D eigenvalue weighted by Crippen LogP contribution is -2.60. The molecule has 0 radical (unpaired) electrons. The van der Waals surface area contributed by atoms with Crippen molar-refractivity contribution in [2.75, 3.05) is 34.3 Å². The van der Waals surface area contributed by atoms with Crippen LogP contribution in [0.2, 0.25) is 0 Å². The molecule has 1 aliphatic rings. The van der Waals surface area contributed by atoms with E-state index >= 15 is 0 Å². The second-order valence-electron chi connectivity index (χ2n) is 8.36. The largest absolute Gasteiger partial charge is 0.495 e. The van der Waals surface area contributed by atoms with Gasteiger partial charge in [0.1, 0.15) is 23.7 Å². The lowest BCUT2D eigenvalue weighted by Gasteiger charge is -2.44. The van der Waals surface area contributed by atoms with Gasteiger partial charge in [-0.2, -0.15) is 5.26 Å². The smallest absolute Gasteiger partial charge is 0.244 e. The number of nitriles is 1. The monoisotopic (exact) mass is 446 g/mol. The fraction of sp³-hybridized carbons (Fsp3) is 0.308. The van der Waals surface area contributed by atoms with E-state index in [-0.39, 0.29) is 18.3 Å². The van der Waals surface area contributed by atoms with Crippen LogP contribution in [0.15, 0.2) is 54.6 Å². The number of hydrogen-bond acceptors (Lipinski definition) is 5. The zero-order valence-corrected chi connectivity index (χ0v) is 19.0. The fourth-order valence-corrected chi connectivity index (χ4v) is 4.46. The van der Waals surface area contributed by atoms with E-state index in [1.165, 1.54) is 19.2 Å². The molecular formula is C26H27FN4O2. The molecular weight excluding hydrogens is 419 g/mol. The number of nitrogens with one attached hydrogen (secondary N) is 1. The van der Waals surface area contributed by atoms with Gasteiger partial charge >= 0.3 is 0 Å². The Morgan fingerprint density at radius 2 is 1.97 bits per heavy atom. The Balaban J connectivity index is 1.69. The first kappa shape index (κ1) is 22.7. The van der Waals surface area contributed by atoms with Crippen LogP contribution in [0.3, 0.4) is 0 Å². The Morgan fingerprint density at radius 3 is 2.61 bits per heavy atom. The molecule has 1 amide bonds. The van der Waals surface area contributed by atoms with Crippen LogP contribution in [-0.2, 0) is 11.3 Å². The molecule has 33 heavy (non-hydrogen) atoms. The second kappa shape index (κ2) is 9.57. The second-order valence-corrected chi connectivity index (χ2v) is 8.36. The highest BCUT2D eigenvalue weighted by Crippen LogP contribution is 2.34. The van der Waals surface area contributed by atoms with Gasteiger partial charge in [-0.25, -0.2) is 4.39 Å². The van der Waals surface area contributed by atoms with Gasteiger partial charge in [0.25, 0.3) is 0 Å². The molecule has 0 aromatic heterocycles. The average Bonchev–Trinajstić information content (AvgIpc) is 2.81. The lowest BCUT2D eigenvalue weighted by molar-refractivity contribution is -0.138. The van der Waals surface area contributed by atoms with Crippen molar-refractivity contribution in [2.24, 2.45) is 0 Å². The van der Waals surface area contributed by atoms with Crippen molar-refractivity contribution >= 4 is 16.7 Å². The summed E-state index contributed by atoms with van der Waals surface area (Å²) in [6.07, 6.45) is 0. The minimum Gasteiger partial charge on any atom is -0.495 e. The third kappa shape index (κ3) is 4.40. The van der Waals surface area contributed by atoms with Gasteiger partial charge in [-0.1, -0.05) is 36.4 Å². The van der Waals surface area contributed by atoms with Crippen LogP contribution < -0.4 is 10.1 Å². The van der Waals surface area contributed by atoms with Crippen molar-refractivity contribution in [3.63, 3.8) is 0 Å². The maximum Gasteiger partial charge on any atom is 0.244 e. The zero-order chi connectivity index (χ0) is 23.5. The normalized spacial score (nSPS) is 15.0. The van der Waals surface area contributed by atoms with Gasteiger partial charge in [0.05, 0.1) is 12.7 Å². The molecule has 1 saturated heterocycles. The Hall–Kier alpha value is -3.47. The van der Waals surface area contributed by atoms with Gasteiger partial charge in [0, 0.05) is 38.3 Å². The molecule has 3 aromatic rings. The van der Waals surface area contributed by atoms with E-state index in [1.54, 1.807) is 30.1 Å². The van der Waals surface area contributed by atoms with Crippen molar-refractivity contribution in [1.29, 1.82) is 5.26 Å². The number of methoxy groups -OCH3 is 1. The van der Waals surface area contributed by atoms with Crippen molar-refractivity contribution in [2.45, 2.75) is 18.6 Å². The number of hydrogen-bond donors (Lipinski definition) is 1. The molecule has 3 aromatic carbocycles. The standard InChI is InChI=1S/C26H27FN4O2/c1-29-21-14-31(15-21)24(17-8-10-20(27)11-9-17)26(32)30(2)16-23-22-7-5-4-6-18(22)12-19(13-28)25(23)33-3/h4-12,21,24,29H,14-16H2,1-3H3. The molecule has 1 aliphatic heterocycles. The number of fused-ring (bicyclic) bond motifs is 1. The van der Waals surface area contributed by atoms with Crippen LogP contribution in [0.1, 0.15) is 22.7 Å². The quantitative estimate of drug-likeness (QED) is 0.602. The first-order valence-electron chi connectivity index (χ1n) is 10.9. The lowest BCUT2D eigenvalue weighted by atomic mass is 9.96. The number of likely N-dealkylation sites (tertiary alicyclic amines) is 1.